The Balaban J connectivity index is 2.46. The van der Waals surface area contributed by atoms with E-state index in [-0.39, 0.29) is 0 Å². The minimum Gasteiger partial charge on any atom is -0.360 e. The van der Waals surface area contributed by atoms with Crippen molar-refractivity contribution in [1.29, 1.82) is 0 Å². The van der Waals surface area contributed by atoms with Gasteiger partial charge in [0.05, 0.1) is 0 Å². The van der Waals surface area contributed by atoms with Crippen molar-refractivity contribution in [3.8, 4) is 0 Å². The maximum Gasteiger partial charge on any atom is 0.207 e. The maximum absolute atomic E-state index is 3.92. The zero-order valence-electron chi connectivity index (χ0n) is 7.00. The molecule has 0 fully saturated rings. The van der Waals surface area contributed by atoms with E-state index >= 15 is 0 Å². The van der Waals surface area contributed by atoms with Gasteiger partial charge in [0.2, 0.25) is 10.3 Å². The van der Waals surface area contributed by atoms with Crippen molar-refractivity contribution in [2.45, 2.75) is 6.92 Å². The minimum absolute atomic E-state index is 0.723. The summed E-state index contributed by atoms with van der Waals surface area (Å²) in [5.41, 5.74) is 0. The molecule has 1 rings (SSSR count). The Kier molecular flexibility index (Phi) is 3.53. The van der Waals surface area contributed by atoms with Crippen LogP contribution in [0.3, 0.4) is 0 Å². The Labute approximate surface area is 75.7 Å². The Morgan fingerprint density at radius 1 is 1.42 bits per heavy atom. The van der Waals surface area contributed by atoms with Crippen LogP contribution in [0.2, 0.25) is 0 Å². The monoisotopic (exact) mass is 184 g/mol. The van der Waals surface area contributed by atoms with Crippen LogP contribution in [-0.2, 0) is 0 Å². The normalized spacial score (nSPS) is 9.42. The lowest BCUT2D eigenvalue weighted by Gasteiger charge is -1.93. The van der Waals surface area contributed by atoms with E-state index in [1.807, 2.05) is 6.92 Å². The van der Waals surface area contributed by atoms with Gasteiger partial charge in [-0.15, -0.1) is 16.8 Å². The second-order valence-electron chi connectivity index (χ2n) is 2.11. The molecule has 0 saturated carbocycles. The van der Waals surface area contributed by atoms with E-state index < -0.39 is 0 Å². The van der Waals surface area contributed by atoms with Crippen molar-refractivity contribution < 1.29 is 0 Å². The molecule has 0 unspecified atom stereocenters. The van der Waals surface area contributed by atoms with Crippen LogP contribution in [0.4, 0.5) is 10.3 Å². The molecule has 0 aliphatic heterocycles. The Morgan fingerprint density at radius 3 is 2.67 bits per heavy atom. The smallest absolute Gasteiger partial charge is 0.207 e. The zero-order valence-corrected chi connectivity index (χ0v) is 7.82. The Morgan fingerprint density at radius 2 is 2.08 bits per heavy atom. The van der Waals surface area contributed by atoms with Crippen molar-refractivity contribution in [3.05, 3.63) is 12.7 Å². The molecule has 1 aromatic heterocycles. The van der Waals surface area contributed by atoms with Crippen molar-refractivity contribution in [3.63, 3.8) is 0 Å². The van der Waals surface area contributed by atoms with E-state index in [9.17, 15) is 0 Å². The highest BCUT2D eigenvalue weighted by Crippen LogP contribution is 2.18. The van der Waals surface area contributed by atoms with Crippen LogP contribution >= 0.6 is 11.3 Å². The molecule has 0 atom stereocenters. The standard InChI is InChI=1S/C7H12N4S/c1-3-5-9-7-11-10-6(12-7)8-4-2/h3H,1,4-5H2,2H3,(H,8,10)(H,9,11). The van der Waals surface area contributed by atoms with Gasteiger partial charge in [-0.05, 0) is 6.92 Å². The fourth-order valence-corrected chi connectivity index (χ4v) is 1.40. The predicted molar refractivity (Wildman–Crippen MR) is 52.8 cm³/mol. The first-order valence-corrected chi connectivity index (χ1v) is 4.60. The molecule has 1 heterocycles. The van der Waals surface area contributed by atoms with Gasteiger partial charge >= 0.3 is 0 Å². The number of rotatable bonds is 5. The van der Waals surface area contributed by atoms with Gasteiger partial charge in [-0.2, -0.15) is 0 Å². The van der Waals surface area contributed by atoms with Crippen LogP contribution < -0.4 is 10.6 Å². The molecule has 0 radical (unpaired) electrons. The number of aromatic nitrogens is 2. The molecule has 5 heteroatoms. The molecule has 0 aromatic carbocycles. The number of nitrogens with zero attached hydrogens (tertiary/aromatic N) is 2. The second-order valence-corrected chi connectivity index (χ2v) is 3.09. The highest BCUT2D eigenvalue weighted by atomic mass is 32.1. The van der Waals surface area contributed by atoms with E-state index in [0.29, 0.717) is 0 Å². The quantitative estimate of drug-likeness (QED) is 0.682. The van der Waals surface area contributed by atoms with Crippen molar-refractivity contribution in [1.82, 2.24) is 10.2 Å². The topological polar surface area (TPSA) is 49.8 Å². The van der Waals surface area contributed by atoms with Gasteiger partial charge in [-0.3, -0.25) is 0 Å². The number of hydrogen-bond acceptors (Lipinski definition) is 5. The predicted octanol–water partition coefficient (Wildman–Crippen LogP) is 1.57. The highest BCUT2D eigenvalue weighted by Gasteiger charge is 1.99. The van der Waals surface area contributed by atoms with Crippen molar-refractivity contribution in [2.24, 2.45) is 0 Å². The number of hydrogen-bond donors (Lipinski definition) is 2. The summed E-state index contributed by atoms with van der Waals surface area (Å²) < 4.78 is 0. The van der Waals surface area contributed by atoms with Crippen LogP contribution in [0.15, 0.2) is 12.7 Å². The lowest BCUT2D eigenvalue weighted by molar-refractivity contribution is 1.06. The van der Waals surface area contributed by atoms with E-state index in [4.69, 9.17) is 0 Å². The molecule has 0 amide bonds. The molecular formula is C7H12N4S. The van der Waals surface area contributed by atoms with Crippen LogP contribution in [0, 0.1) is 0 Å². The van der Waals surface area contributed by atoms with Gasteiger partial charge in [-0.25, -0.2) is 0 Å². The molecule has 66 valence electrons. The molecule has 0 saturated heterocycles. The summed E-state index contributed by atoms with van der Waals surface area (Å²) in [5.74, 6) is 0. The third-order valence-electron chi connectivity index (χ3n) is 1.15. The van der Waals surface area contributed by atoms with Gasteiger partial charge in [0, 0.05) is 13.1 Å². The minimum atomic E-state index is 0.723. The summed E-state index contributed by atoms with van der Waals surface area (Å²) in [5, 5.41) is 15.7. The molecule has 4 nitrogen and oxygen atoms in total. The highest BCUT2D eigenvalue weighted by molar-refractivity contribution is 7.19. The lowest BCUT2D eigenvalue weighted by Crippen LogP contribution is -1.96. The molecule has 0 bridgehead atoms. The van der Waals surface area contributed by atoms with Crippen molar-refractivity contribution >= 4 is 21.6 Å². The van der Waals surface area contributed by atoms with E-state index in [1.54, 1.807) is 6.08 Å². The zero-order chi connectivity index (χ0) is 8.81. The van der Waals surface area contributed by atoms with E-state index in [2.05, 4.69) is 27.4 Å². The summed E-state index contributed by atoms with van der Waals surface area (Å²) in [6.45, 7) is 7.22. The van der Waals surface area contributed by atoms with Crippen LogP contribution in [0.5, 0.6) is 0 Å². The van der Waals surface area contributed by atoms with E-state index in [0.717, 1.165) is 23.4 Å². The first kappa shape index (κ1) is 8.99. The largest absolute Gasteiger partial charge is 0.360 e. The summed E-state index contributed by atoms with van der Waals surface area (Å²) in [6.07, 6.45) is 1.79. The molecule has 1 aromatic rings. The third-order valence-corrected chi connectivity index (χ3v) is 1.99. The molecule has 0 aliphatic rings. The van der Waals surface area contributed by atoms with Gasteiger partial charge in [0.1, 0.15) is 0 Å². The summed E-state index contributed by atoms with van der Waals surface area (Å²) in [4.78, 5) is 0. The van der Waals surface area contributed by atoms with Crippen LogP contribution in [0.25, 0.3) is 0 Å². The molecule has 12 heavy (non-hydrogen) atoms. The fraction of sp³-hybridized carbons (Fsp3) is 0.429. The molecule has 0 spiro atoms. The Bertz CT molecular complexity index is 245. The lowest BCUT2D eigenvalue weighted by atomic mass is 10.6. The number of anilines is 2. The number of nitrogens with one attached hydrogen (secondary N) is 2. The van der Waals surface area contributed by atoms with Crippen LogP contribution in [-0.4, -0.2) is 23.3 Å². The third kappa shape index (κ3) is 2.50. The van der Waals surface area contributed by atoms with Gasteiger partial charge in [0.15, 0.2) is 0 Å². The summed E-state index contributed by atoms with van der Waals surface area (Å²) in [6, 6.07) is 0. The molecular weight excluding hydrogens is 172 g/mol. The summed E-state index contributed by atoms with van der Waals surface area (Å²) >= 11 is 1.51. The first-order chi connectivity index (χ1) is 5.86. The molecule has 0 aliphatic carbocycles. The fourth-order valence-electron chi connectivity index (χ4n) is 0.677. The average molecular weight is 184 g/mol. The first-order valence-electron chi connectivity index (χ1n) is 3.79. The Hall–Kier alpha value is -1.10. The van der Waals surface area contributed by atoms with Gasteiger partial charge < -0.3 is 10.6 Å². The van der Waals surface area contributed by atoms with Crippen LogP contribution in [0.1, 0.15) is 6.92 Å². The van der Waals surface area contributed by atoms with E-state index in [1.165, 1.54) is 11.3 Å². The van der Waals surface area contributed by atoms with Gasteiger partial charge in [-0.1, -0.05) is 17.4 Å². The summed E-state index contributed by atoms with van der Waals surface area (Å²) in [7, 11) is 0. The average Bonchev–Trinajstić information content (AvgIpc) is 2.50. The maximum atomic E-state index is 3.92. The van der Waals surface area contributed by atoms with Gasteiger partial charge in [0.25, 0.3) is 0 Å². The SMILES string of the molecule is C=CCNc1nnc(NCC)s1. The van der Waals surface area contributed by atoms with Crippen molar-refractivity contribution in [2.75, 3.05) is 23.7 Å². The second kappa shape index (κ2) is 4.71. The molecule has 2 N–H and O–H groups in total.